The van der Waals surface area contributed by atoms with Crippen molar-refractivity contribution in [3.8, 4) is 11.3 Å². The molecule has 9 nitrogen and oxygen atoms in total. The van der Waals surface area contributed by atoms with Crippen LogP contribution in [0.15, 0.2) is 59.6 Å². The van der Waals surface area contributed by atoms with Gasteiger partial charge in [-0.3, -0.25) is 10.1 Å². The summed E-state index contributed by atoms with van der Waals surface area (Å²) in [6, 6.07) is 12.1. The van der Waals surface area contributed by atoms with Gasteiger partial charge < -0.3 is 11.1 Å². The molecule has 32 heavy (non-hydrogen) atoms. The fourth-order valence-corrected chi connectivity index (χ4v) is 4.27. The number of nitrogens with two attached hydrogens (primary N) is 1. The maximum atomic E-state index is 12.7. The van der Waals surface area contributed by atoms with Crippen molar-refractivity contribution in [2.45, 2.75) is 30.5 Å². The highest BCUT2D eigenvalue weighted by Gasteiger charge is 2.24. The van der Waals surface area contributed by atoms with Gasteiger partial charge in [-0.1, -0.05) is 18.2 Å². The van der Waals surface area contributed by atoms with Gasteiger partial charge >= 0.3 is 6.03 Å². The number of nitrogen functional groups attached to an aromatic ring is 1. The average Bonchev–Trinajstić information content (AvgIpc) is 3.24. The topological polar surface area (TPSA) is 136 Å². The minimum absolute atomic E-state index is 0.0177. The zero-order valence-electron chi connectivity index (χ0n) is 18.0. The Morgan fingerprint density at radius 2 is 1.78 bits per heavy atom. The Balaban J connectivity index is 1.87. The first-order chi connectivity index (χ1) is 15.1. The molecule has 1 aromatic heterocycles. The van der Waals surface area contributed by atoms with Gasteiger partial charge in [-0.25, -0.2) is 13.2 Å². The van der Waals surface area contributed by atoms with Crippen molar-refractivity contribution in [2.75, 3.05) is 12.8 Å². The third-order valence-electron chi connectivity index (χ3n) is 4.89. The van der Waals surface area contributed by atoms with Crippen LogP contribution in [0.5, 0.6) is 0 Å². The summed E-state index contributed by atoms with van der Waals surface area (Å²) in [6.07, 6.45) is 1.39. The van der Waals surface area contributed by atoms with Crippen LogP contribution in [0.4, 0.5) is 10.5 Å². The molecule has 3 aromatic rings. The summed E-state index contributed by atoms with van der Waals surface area (Å²) in [7, 11) is -1.81. The van der Waals surface area contributed by atoms with Crippen molar-refractivity contribution in [3.05, 3.63) is 65.9 Å². The number of hydrogen-bond acceptors (Lipinski definition) is 7. The van der Waals surface area contributed by atoms with E-state index in [4.69, 9.17) is 5.73 Å². The zero-order valence-corrected chi connectivity index (χ0v) is 18.8. The molecule has 2 aromatic carbocycles. The maximum absolute atomic E-state index is 12.7. The van der Waals surface area contributed by atoms with Crippen LogP contribution in [0, 0.1) is 0 Å². The molecule has 0 atom stereocenters. The van der Waals surface area contributed by atoms with E-state index in [1.807, 2.05) is 7.05 Å². The van der Waals surface area contributed by atoms with E-state index in [2.05, 4.69) is 15.7 Å². The van der Waals surface area contributed by atoms with Crippen LogP contribution in [-0.2, 0) is 16.4 Å². The summed E-state index contributed by atoms with van der Waals surface area (Å²) in [5, 5.41) is 8.64. The van der Waals surface area contributed by atoms with E-state index in [1.54, 1.807) is 50.2 Å². The molecule has 10 heteroatoms. The number of carbonyl (C=O) groups is 2. The molecule has 0 spiro atoms. The Morgan fingerprint density at radius 1 is 1.09 bits per heavy atom. The number of amides is 2. The highest BCUT2D eigenvalue weighted by atomic mass is 32.2. The predicted molar refractivity (Wildman–Crippen MR) is 122 cm³/mol. The summed E-state index contributed by atoms with van der Waals surface area (Å²) in [6.45, 7) is 3.79. The van der Waals surface area contributed by atoms with Gasteiger partial charge in [0.1, 0.15) is 0 Å². The Labute approximate surface area is 186 Å². The number of sulfone groups is 1. The van der Waals surface area contributed by atoms with Gasteiger partial charge in [0.15, 0.2) is 9.84 Å². The van der Waals surface area contributed by atoms with E-state index in [0.717, 1.165) is 10.2 Å². The minimum Gasteiger partial charge on any atom is -0.398 e. The first-order valence-corrected chi connectivity index (χ1v) is 11.5. The van der Waals surface area contributed by atoms with Crippen molar-refractivity contribution in [1.29, 1.82) is 0 Å². The molecule has 0 saturated heterocycles. The van der Waals surface area contributed by atoms with E-state index in [0.29, 0.717) is 23.4 Å². The maximum Gasteiger partial charge on any atom is 0.349 e. The summed E-state index contributed by atoms with van der Waals surface area (Å²) >= 11 is 0. The summed E-state index contributed by atoms with van der Waals surface area (Å²) in [5.41, 5.74) is 8.08. The average molecular weight is 456 g/mol. The molecule has 0 aliphatic heterocycles. The number of carbonyl (C=O) groups excluding carboxylic acids is 2. The molecular formula is C22H25N5O4S. The Bertz CT molecular complexity index is 1250. The van der Waals surface area contributed by atoms with E-state index >= 15 is 0 Å². The molecule has 0 aliphatic carbocycles. The van der Waals surface area contributed by atoms with Crippen molar-refractivity contribution in [1.82, 2.24) is 20.4 Å². The van der Waals surface area contributed by atoms with Crippen LogP contribution >= 0.6 is 0 Å². The lowest BCUT2D eigenvalue weighted by atomic mass is 10.1. The predicted octanol–water partition coefficient (Wildman–Crippen LogP) is 2.43. The molecule has 0 saturated carbocycles. The molecule has 1 heterocycles. The smallest absolute Gasteiger partial charge is 0.349 e. The highest BCUT2D eigenvalue weighted by Crippen LogP contribution is 2.29. The Kier molecular flexibility index (Phi) is 6.75. The Hall–Kier alpha value is -3.50. The molecular weight excluding hydrogens is 430 g/mol. The molecule has 168 valence electrons. The minimum atomic E-state index is -3.63. The largest absolute Gasteiger partial charge is 0.398 e. The molecule has 0 radical (unpaired) electrons. The number of nitrogens with one attached hydrogen (secondary N) is 2. The van der Waals surface area contributed by atoms with E-state index in [1.165, 1.54) is 18.3 Å². The van der Waals surface area contributed by atoms with Gasteiger partial charge in [-0.2, -0.15) is 9.78 Å². The monoisotopic (exact) mass is 455 g/mol. The summed E-state index contributed by atoms with van der Waals surface area (Å²) in [4.78, 5) is 25.2. The van der Waals surface area contributed by atoms with Crippen molar-refractivity contribution in [3.63, 3.8) is 0 Å². The third-order valence-corrected chi connectivity index (χ3v) is 7.10. The molecule has 2 amide bonds. The van der Waals surface area contributed by atoms with Gasteiger partial charge in [0, 0.05) is 17.7 Å². The van der Waals surface area contributed by atoms with Crippen molar-refractivity contribution >= 4 is 27.5 Å². The van der Waals surface area contributed by atoms with Crippen LogP contribution in [-0.4, -0.2) is 42.4 Å². The number of aromatic nitrogens is 2. The van der Waals surface area contributed by atoms with E-state index < -0.39 is 27.0 Å². The fraction of sp³-hybridized carbons (Fsp3) is 0.227. The van der Waals surface area contributed by atoms with Crippen molar-refractivity contribution in [2.24, 2.45) is 0 Å². The number of rotatable bonds is 6. The van der Waals surface area contributed by atoms with Crippen LogP contribution in [0.3, 0.4) is 0 Å². The number of imide groups is 1. The Morgan fingerprint density at radius 3 is 2.41 bits per heavy atom. The highest BCUT2D eigenvalue weighted by molar-refractivity contribution is 7.92. The van der Waals surface area contributed by atoms with Crippen LogP contribution in [0.1, 0.15) is 29.8 Å². The number of nitrogens with zero attached hydrogens (tertiary/aromatic N) is 2. The van der Waals surface area contributed by atoms with E-state index in [9.17, 15) is 18.0 Å². The van der Waals surface area contributed by atoms with Gasteiger partial charge in [-0.05, 0) is 56.8 Å². The second kappa shape index (κ2) is 9.33. The number of hydrogen-bond donors (Lipinski definition) is 3. The molecule has 0 bridgehead atoms. The van der Waals surface area contributed by atoms with E-state index in [-0.39, 0.29) is 10.6 Å². The lowest BCUT2D eigenvalue weighted by Gasteiger charge is -2.13. The van der Waals surface area contributed by atoms with Gasteiger partial charge in [0.2, 0.25) is 0 Å². The molecule has 0 fully saturated rings. The molecule has 0 aliphatic rings. The van der Waals surface area contributed by atoms with Gasteiger partial charge in [0.25, 0.3) is 5.91 Å². The number of benzene rings is 2. The summed E-state index contributed by atoms with van der Waals surface area (Å²) in [5.74, 6) is -0.576. The van der Waals surface area contributed by atoms with Crippen LogP contribution in [0.2, 0.25) is 0 Å². The van der Waals surface area contributed by atoms with Crippen LogP contribution in [0.25, 0.3) is 11.3 Å². The van der Waals surface area contributed by atoms with Gasteiger partial charge in [0.05, 0.1) is 27.7 Å². The SMILES string of the molecule is CNCc1ccc(C(=O)NC(=O)n2nccc2-c2ccc(N)c(S(=O)(=O)C(C)C)c2)cc1. The first kappa shape index (κ1) is 23.2. The van der Waals surface area contributed by atoms with Crippen LogP contribution < -0.4 is 16.4 Å². The molecule has 0 unspecified atom stereocenters. The zero-order chi connectivity index (χ0) is 23.5. The second-order valence-corrected chi connectivity index (χ2v) is 9.93. The fourth-order valence-electron chi connectivity index (χ4n) is 3.08. The normalized spacial score (nSPS) is 11.5. The quantitative estimate of drug-likeness (QED) is 0.486. The van der Waals surface area contributed by atoms with Crippen molar-refractivity contribution < 1.29 is 18.0 Å². The lowest BCUT2D eigenvalue weighted by molar-refractivity contribution is 0.0963. The second-order valence-electron chi connectivity index (χ2n) is 7.46. The van der Waals surface area contributed by atoms with Gasteiger partial charge in [-0.15, -0.1) is 0 Å². The summed E-state index contributed by atoms with van der Waals surface area (Å²) < 4.78 is 26.3. The standard InChI is InChI=1S/C22H25N5O4S/c1-14(2)32(30,31)20-12-17(8-9-18(20)23)19-10-11-25-27(19)22(29)26-21(28)16-6-4-15(5-7-16)13-24-3/h4-12,14,24H,13,23H2,1-3H3,(H,26,28,29). The molecule has 3 rings (SSSR count). The lowest BCUT2D eigenvalue weighted by Crippen LogP contribution is -2.35. The first-order valence-electron chi connectivity index (χ1n) is 9.92. The third kappa shape index (κ3) is 4.71. The molecule has 4 N–H and O–H groups in total. The number of anilines is 1.